The predicted octanol–water partition coefficient (Wildman–Crippen LogP) is 2.20. The van der Waals surface area contributed by atoms with Crippen molar-refractivity contribution in [3.05, 3.63) is 42.5 Å². The van der Waals surface area contributed by atoms with Crippen molar-refractivity contribution < 1.29 is 0 Å². The van der Waals surface area contributed by atoms with Crippen LogP contribution in [0.1, 0.15) is 0 Å². The highest BCUT2D eigenvalue weighted by Gasteiger charge is 2.00. The number of rotatable bonds is 3. The molecule has 0 aromatic heterocycles. The number of likely N-dealkylation sites (N-methyl/N-ethyl adjacent to an activating group) is 1. The Morgan fingerprint density at radius 3 is 2.62 bits per heavy atom. The molecule has 1 aromatic rings. The molecule has 2 nitrogen and oxygen atoms in total. The van der Waals surface area contributed by atoms with E-state index in [4.69, 9.17) is 5.26 Å². The predicted molar refractivity (Wildman–Crippen MR) is 54.5 cm³/mol. The third-order valence-corrected chi connectivity index (χ3v) is 1.78. The van der Waals surface area contributed by atoms with Crippen molar-refractivity contribution in [3.63, 3.8) is 0 Å². The Hall–Kier alpha value is -1.75. The van der Waals surface area contributed by atoms with Crippen molar-refractivity contribution in [1.29, 1.82) is 5.26 Å². The molecule has 0 aliphatic heterocycles. The molecule has 13 heavy (non-hydrogen) atoms. The fourth-order valence-electron chi connectivity index (χ4n) is 1.10. The van der Waals surface area contributed by atoms with E-state index in [9.17, 15) is 0 Å². The molecule has 2 heteroatoms. The van der Waals surface area contributed by atoms with Gasteiger partial charge in [0.05, 0.1) is 12.6 Å². The average Bonchev–Trinajstić information content (AvgIpc) is 2.19. The molecule has 0 aliphatic carbocycles. The summed E-state index contributed by atoms with van der Waals surface area (Å²) in [4.78, 5) is 1.99. The second kappa shape index (κ2) is 4.32. The van der Waals surface area contributed by atoms with Gasteiger partial charge >= 0.3 is 0 Å². The topological polar surface area (TPSA) is 27.0 Å². The Labute approximate surface area is 78.7 Å². The lowest BCUT2D eigenvalue weighted by Crippen LogP contribution is -2.19. The van der Waals surface area contributed by atoms with E-state index in [1.54, 1.807) is 0 Å². The maximum absolute atomic E-state index is 8.55. The highest BCUT2D eigenvalue weighted by molar-refractivity contribution is 5.47. The molecule has 0 N–H and O–H groups in total. The summed E-state index contributed by atoms with van der Waals surface area (Å²) >= 11 is 0. The van der Waals surface area contributed by atoms with Gasteiger partial charge in [0.15, 0.2) is 0 Å². The molecule has 0 saturated heterocycles. The third-order valence-electron chi connectivity index (χ3n) is 1.78. The molecule has 0 atom stereocenters. The van der Waals surface area contributed by atoms with Crippen LogP contribution in [-0.2, 0) is 0 Å². The largest absolute Gasteiger partial charge is 0.370 e. The Balaban J connectivity index is 2.65. The zero-order valence-electron chi connectivity index (χ0n) is 7.70. The Bertz CT molecular complexity index is 322. The van der Waals surface area contributed by atoms with E-state index in [2.05, 4.69) is 6.58 Å². The van der Waals surface area contributed by atoms with E-state index in [0.29, 0.717) is 12.1 Å². The van der Waals surface area contributed by atoms with Crippen molar-refractivity contribution in [2.75, 3.05) is 18.5 Å². The van der Waals surface area contributed by atoms with E-state index >= 15 is 0 Å². The molecule has 66 valence electrons. The molecule has 0 heterocycles. The first kappa shape index (κ1) is 9.34. The number of para-hydroxylation sites is 1. The highest BCUT2D eigenvalue weighted by atomic mass is 15.1. The van der Waals surface area contributed by atoms with Gasteiger partial charge in [-0.2, -0.15) is 5.26 Å². The molecule has 0 fully saturated rings. The SMILES string of the molecule is C=C(C#N)CN(C)c1ccccc1. The molecule has 0 aliphatic rings. The molecule has 1 rings (SSSR count). The monoisotopic (exact) mass is 172 g/mol. The van der Waals surface area contributed by atoms with Gasteiger partial charge < -0.3 is 4.90 Å². The fourth-order valence-corrected chi connectivity index (χ4v) is 1.10. The van der Waals surface area contributed by atoms with Crippen LogP contribution in [0, 0.1) is 11.3 Å². The number of benzene rings is 1. The molecular weight excluding hydrogens is 160 g/mol. The maximum atomic E-state index is 8.55. The van der Waals surface area contributed by atoms with Gasteiger partial charge in [0.1, 0.15) is 0 Å². The quantitative estimate of drug-likeness (QED) is 0.653. The van der Waals surface area contributed by atoms with Crippen LogP contribution < -0.4 is 4.90 Å². The van der Waals surface area contributed by atoms with E-state index < -0.39 is 0 Å². The maximum Gasteiger partial charge on any atom is 0.0959 e. The number of nitrogens with zero attached hydrogens (tertiary/aromatic N) is 2. The van der Waals surface area contributed by atoms with Crippen LogP contribution in [0.4, 0.5) is 5.69 Å². The van der Waals surface area contributed by atoms with E-state index in [1.165, 1.54) is 0 Å². The van der Waals surface area contributed by atoms with Crippen molar-refractivity contribution in [3.8, 4) is 6.07 Å². The molecule has 1 aromatic carbocycles. The van der Waals surface area contributed by atoms with Crippen LogP contribution >= 0.6 is 0 Å². The minimum Gasteiger partial charge on any atom is -0.370 e. The van der Waals surface area contributed by atoms with Crippen LogP contribution in [0.15, 0.2) is 42.5 Å². The minimum atomic E-state index is 0.575. The number of anilines is 1. The van der Waals surface area contributed by atoms with Crippen LogP contribution in [0.25, 0.3) is 0 Å². The second-order valence-corrected chi connectivity index (χ2v) is 2.91. The van der Waals surface area contributed by atoms with E-state index in [0.717, 1.165) is 5.69 Å². The molecule has 0 saturated carbocycles. The average molecular weight is 172 g/mol. The molecule has 0 radical (unpaired) electrons. The van der Waals surface area contributed by atoms with Gasteiger partial charge in [-0.15, -0.1) is 0 Å². The van der Waals surface area contributed by atoms with Gasteiger partial charge in [0, 0.05) is 18.3 Å². The summed E-state index contributed by atoms with van der Waals surface area (Å²) in [6.07, 6.45) is 0. The lowest BCUT2D eigenvalue weighted by Gasteiger charge is -2.17. The minimum absolute atomic E-state index is 0.575. The van der Waals surface area contributed by atoms with E-state index in [1.807, 2.05) is 48.3 Å². The summed E-state index contributed by atoms with van der Waals surface area (Å²) in [6, 6.07) is 12.0. The van der Waals surface area contributed by atoms with Crippen LogP contribution in [0.5, 0.6) is 0 Å². The summed E-state index contributed by atoms with van der Waals surface area (Å²) in [5.41, 5.74) is 1.67. The van der Waals surface area contributed by atoms with Crippen molar-refractivity contribution >= 4 is 5.69 Å². The van der Waals surface area contributed by atoms with Gasteiger partial charge in [-0.25, -0.2) is 0 Å². The second-order valence-electron chi connectivity index (χ2n) is 2.91. The normalized spacial score (nSPS) is 8.92. The standard InChI is InChI=1S/C11H12N2/c1-10(8-12)9-13(2)11-6-4-3-5-7-11/h3-7H,1,9H2,2H3. The summed E-state index contributed by atoms with van der Waals surface area (Å²) in [6.45, 7) is 4.22. The molecule has 0 unspecified atom stereocenters. The molecular formula is C11H12N2. The van der Waals surface area contributed by atoms with Crippen molar-refractivity contribution in [2.45, 2.75) is 0 Å². The smallest absolute Gasteiger partial charge is 0.0959 e. The van der Waals surface area contributed by atoms with Gasteiger partial charge in [-0.3, -0.25) is 0 Å². The first-order chi connectivity index (χ1) is 6.24. The van der Waals surface area contributed by atoms with Crippen LogP contribution in [-0.4, -0.2) is 13.6 Å². The zero-order chi connectivity index (χ0) is 9.68. The van der Waals surface area contributed by atoms with Crippen molar-refractivity contribution in [2.24, 2.45) is 0 Å². The first-order valence-corrected chi connectivity index (χ1v) is 4.08. The lowest BCUT2D eigenvalue weighted by molar-refractivity contribution is 1.01. The van der Waals surface area contributed by atoms with Gasteiger partial charge in [0.2, 0.25) is 0 Å². The molecule has 0 spiro atoms. The molecule has 0 amide bonds. The van der Waals surface area contributed by atoms with Crippen molar-refractivity contribution in [1.82, 2.24) is 0 Å². The first-order valence-electron chi connectivity index (χ1n) is 4.08. The summed E-state index contributed by atoms with van der Waals surface area (Å²) in [5, 5.41) is 8.55. The Morgan fingerprint density at radius 2 is 2.08 bits per heavy atom. The van der Waals surface area contributed by atoms with Gasteiger partial charge in [-0.1, -0.05) is 24.8 Å². The summed E-state index contributed by atoms with van der Waals surface area (Å²) in [5.74, 6) is 0. The van der Waals surface area contributed by atoms with Gasteiger partial charge in [0.25, 0.3) is 0 Å². The third kappa shape index (κ3) is 2.64. The Kier molecular flexibility index (Phi) is 3.10. The fraction of sp³-hybridized carbons (Fsp3) is 0.182. The number of nitriles is 1. The van der Waals surface area contributed by atoms with Crippen LogP contribution in [0.3, 0.4) is 0 Å². The summed E-state index contributed by atoms with van der Waals surface area (Å²) in [7, 11) is 1.94. The van der Waals surface area contributed by atoms with E-state index in [-0.39, 0.29) is 0 Å². The number of hydrogen-bond acceptors (Lipinski definition) is 2. The Morgan fingerprint density at radius 1 is 1.46 bits per heavy atom. The zero-order valence-corrected chi connectivity index (χ0v) is 7.70. The van der Waals surface area contributed by atoms with Gasteiger partial charge in [-0.05, 0) is 12.1 Å². The highest BCUT2D eigenvalue weighted by Crippen LogP contribution is 2.11. The molecule has 0 bridgehead atoms. The van der Waals surface area contributed by atoms with Crippen LogP contribution in [0.2, 0.25) is 0 Å². The lowest BCUT2D eigenvalue weighted by atomic mass is 10.2. The summed E-state index contributed by atoms with van der Waals surface area (Å²) < 4.78 is 0. The number of hydrogen-bond donors (Lipinski definition) is 0.